The molecule has 800 valence electrons. The van der Waals surface area contributed by atoms with E-state index in [1.54, 1.807) is 109 Å². The average molecular weight is 2080 g/mol. The van der Waals surface area contributed by atoms with Gasteiger partial charge in [-0.3, -0.25) is 4.79 Å². The summed E-state index contributed by atoms with van der Waals surface area (Å²) in [6, 6.07) is 43.5. The van der Waals surface area contributed by atoms with E-state index >= 15 is 0 Å². The van der Waals surface area contributed by atoms with E-state index < -0.39 is 183 Å². The fourth-order valence-corrected chi connectivity index (χ4v) is 18.7. The molecule has 8 atom stereocenters. The number of hydrogen-bond acceptors (Lipinski definition) is 24. The molecule has 1 spiro atoms. The van der Waals surface area contributed by atoms with Crippen LogP contribution in [0.4, 0.5) is 70.2 Å². The number of rotatable bonds is 41. The number of carbonyl (C=O) groups excluding carboxylic acids is 8. The molecule has 6 bridgehead atoms. The van der Waals surface area contributed by atoms with Crippen molar-refractivity contribution in [2.45, 2.75) is 200 Å². The maximum absolute atomic E-state index is 14.7. The molecule has 8 unspecified atom stereocenters. The van der Waals surface area contributed by atoms with Gasteiger partial charge < -0.3 is 79.3 Å². The Morgan fingerprint density at radius 1 is 0.395 bits per heavy atom. The number of cyclic esters (lactones) is 1. The monoisotopic (exact) mass is 2080 g/mol. The molecule has 147 heavy (non-hydrogen) atoms. The highest BCUT2D eigenvalue weighted by molar-refractivity contribution is 5.84. The Kier molecular flexibility index (Phi) is 41.6. The van der Waals surface area contributed by atoms with E-state index in [9.17, 15) is 109 Å². The molecule has 3 saturated heterocycles. The third-order valence-electron chi connectivity index (χ3n) is 26.6. The predicted molar refractivity (Wildman–Crippen MR) is 513 cm³/mol. The van der Waals surface area contributed by atoms with Crippen molar-refractivity contribution in [2.24, 2.45) is 41.4 Å². The van der Waals surface area contributed by atoms with E-state index in [1.807, 2.05) is 72.8 Å². The molecular formula is C107H122F16N6O18. The van der Waals surface area contributed by atoms with Crippen LogP contribution in [0.1, 0.15) is 150 Å². The van der Waals surface area contributed by atoms with Crippen molar-refractivity contribution in [3.05, 3.63) is 252 Å². The summed E-state index contributed by atoms with van der Waals surface area (Å²) in [4.78, 5) is 92.0. The van der Waals surface area contributed by atoms with Crippen LogP contribution in [-0.2, 0) is 125 Å². The molecule has 7 saturated carbocycles. The first-order valence-electron chi connectivity index (χ1n) is 47.8. The van der Waals surface area contributed by atoms with E-state index in [2.05, 4.69) is 90.3 Å². The second-order valence-corrected chi connectivity index (χ2v) is 37.4. The van der Waals surface area contributed by atoms with E-state index in [4.69, 9.17) is 28.4 Å². The first-order valence-corrected chi connectivity index (χ1v) is 47.8. The van der Waals surface area contributed by atoms with Crippen LogP contribution in [0.25, 0.3) is 36.5 Å². The number of fused-ring (bicyclic) bond motifs is 1. The Morgan fingerprint density at radius 2 is 0.714 bits per heavy atom. The summed E-state index contributed by atoms with van der Waals surface area (Å²) >= 11 is 0. The van der Waals surface area contributed by atoms with Gasteiger partial charge in [-0.05, 0) is 136 Å². The van der Waals surface area contributed by atoms with Gasteiger partial charge in [0.05, 0.1) is 72.6 Å². The summed E-state index contributed by atoms with van der Waals surface area (Å²) in [6.45, 7) is 15.4. The molecule has 7 aliphatic carbocycles. The van der Waals surface area contributed by atoms with Gasteiger partial charge in [-0.2, -0.15) is 70.2 Å². The zero-order chi connectivity index (χ0) is 107. The Morgan fingerprint density at radius 3 is 1.03 bits per heavy atom. The van der Waals surface area contributed by atoms with Crippen molar-refractivity contribution in [3.63, 3.8) is 0 Å². The van der Waals surface area contributed by atoms with E-state index in [0.717, 1.165) is 107 Å². The molecule has 10 fully saturated rings. The van der Waals surface area contributed by atoms with Crippen LogP contribution >= 0.6 is 0 Å². The summed E-state index contributed by atoms with van der Waals surface area (Å²) in [5.74, 6) is -43.9. The van der Waals surface area contributed by atoms with Gasteiger partial charge in [-0.15, -0.1) is 0 Å². The van der Waals surface area contributed by atoms with Gasteiger partial charge in [0.25, 0.3) is 0 Å². The van der Waals surface area contributed by atoms with Crippen molar-refractivity contribution in [1.29, 1.82) is 0 Å². The van der Waals surface area contributed by atoms with Crippen molar-refractivity contribution in [2.75, 3.05) is 79.9 Å². The average Bonchev–Trinajstić information content (AvgIpc) is 1.65. The molecule has 3 heterocycles. The number of benzene rings is 6. The summed E-state index contributed by atoms with van der Waals surface area (Å²) < 4.78 is 270. The normalized spacial score (nSPS) is 22.1. The lowest BCUT2D eigenvalue weighted by molar-refractivity contribution is -0.355. The lowest BCUT2D eigenvalue weighted by Gasteiger charge is -2.63. The van der Waals surface area contributed by atoms with Crippen LogP contribution in [-0.4, -0.2) is 205 Å². The van der Waals surface area contributed by atoms with E-state index in [-0.39, 0.29) is 107 Å². The Hall–Kier alpha value is -11.9. The number of ether oxygens (including phenoxy) is 10. The van der Waals surface area contributed by atoms with Crippen LogP contribution in [0, 0.1) is 41.4 Å². The minimum absolute atomic E-state index is 0.00517. The highest BCUT2D eigenvalue weighted by Crippen LogP contribution is 2.64. The van der Waals surface area contributed by atoms with Crippen LogP contribution in [0.3, 0.4) is 0 Å². The maximum Gasteiger partial charge on any atom is 0.379 e. The SMILES string of the molecule is C=Cc1ccc(CNCC(F)(F)C(=O)OC)cc1.C=Cc1ccc(CNCC(F)(F)C(=O)OC)cc1.C=Cc1ccc(CNCC(F)(F)C(=O)OC23CC4CC(C2)C2(OCC(F)(F)C(F)(F)CO2)C(C4)C3)cc1.C=Cc1ccc(CNCC(F)(F)C(=O)OC2C3CC4C(=O)OC2C4C3)cc1.C=Cc1ccc(CNCC(F)(F)C(=O)OC2CCOC2=O)cc1.C=Cc1ccc(CNCC(F)(F)C(=O)OCC2CCCCC2)cc1. The fourth-order valence-electron chi connectivity index (χ4n) is 18.7. The van der Waals surface area contributed by atoms with Gasteiger partial charge >= 0.3 is 95.1 Å². The second-order valence-electron chi connectivity index (χ2n) is 37.4. The molecule has 0 aromatic heterocycles. The molecule has 6 aromatic rings. The highest BCUT2D eigenvalue weighted by Gasteiger charge is 2.71. The largest absolute Gasteiger partial charge is 0.465 e. The first-order chi connectivity index (χ1) is 69.6. The van der Waals surface area contributed by atoms with E-state index in [1.165, 1.54) is 6.42 Å². The third kappa shape index (κ3) is 32.5. The summed E-state index contributed by atoms with van der Waals surface area (Å²) in [5.41, 5.74) is 9.33. The number of methoxy groups -OCH3 is 2. The van der Waals surface area contributed by atoms with Gasteiger partial charge in [-0.1, -0.05) is 241 Å². The zero-order valence-corrected chi connectivity index (χ0v) is 81.2. The van der Waals surface area contributed by atoms with Crippen molar-refractivity contribution >= 4 is 84.2 Å². The molecule has 0 radical (unpaired) electrons. The zero-order valence-electron chi connectivity index (χ0n) is 81.2. The predicted octanol–water partition coefficient (Wildman–Crippen LogP) is 18.3. The van der Waals surface area contributed by atoms with Crippen molar-refractivity contribution in [1.82, 2.24) is 31.9 Å². The number of carbonyl (C=O) groups is 8. The van der Waals surface area contributed by atoms with Crippen LogP contribution in [0.2, 0.25) is 0 Å². The molecule has 16 rings (SSSR count). The molecule has 40 heteroatoms. The van der Waals surface area contributed by atoms with E-state index in [0.29, 0.717) is 32.1 Å². The minimum atomic E-state index is -4.39. The molecule has 10 aliphatic rings. The number of halogens is 16. The Balaban J connectivity index is 0.000000184. The Labute approximate surface area is 841 Å². The molecule has 24 nitrogen and oxygen atoms in total. The quantitative estimate of drug-likeness (QED) is 0.0118. The van der Waals surface area contributed by atoms with Gasteiger partial charge in [0.2, 0.25) is 6.10 Å². The van der Waals surface area contributed by atoms with Crippen LogP contribution in [0.5, 0.6) is 0 Å². The van der Waals surface area contributed by atoms with Gasteiger partial charge in [-0.25, -0.2) is 33.6 Å². The maximum atomic E-state index is 14.7. The molecular weight excluding hydrogens is 1960 g/mol. The minimum Gasteiger partial charge on any atom is -0.465 e. The summed E-state index contributed by atoms with van der Waals surface area (Å²) in [5, 5.41) is 15.3. The molecule has 6 N–H and O–H groups in total. The number of hydrogen-bond donors (Lipinski definition) is 6. The van der Waals surface area contributed by atoms with Gasteiger partial charge in [0.15, 0.2) is 5.79 Å². The smallest absolute Gasteiger partial charge is 0.379 e. The standard InChI is InChI=1S/C26H29F6NO4.C20H21F2NO4.C19H25F2NO2.C16H17F2NO4.2C13H15F2NO2/c1-2-16-3-5-17(6-4-16)12-33-13-23(27,28)21(34)37-22-9-18-7-19(10-22)26(20(8-18)11-22)35-14-24(29,30)25(31,32)15-36-26;1-2-11-3-5-12(6-4-11)9-23-10-20(21,22)19(25)27-16-13-7-14-15(8-13)18(24)26-17(14)16;1-2-15-8-10-16(11-9-15)12-22-14-19(20,21)18(23)24-13-17-6-4-3-5-7-17;1-2-11-3-5-12(6-4-11)9-19-10-16(17,18)15(21)23-13-7-8-22-14(13)20;2*1-3-10-4-6-11(7-5-10)8-16-9-13(14,15)12(17)18-2/h2-6,18-20,33H,1,7-15H2;2-6,13-17,23H,1,7-10H2;2,8-11,17,22H,1,3-7,12-14H2;2-6,13,19H,1,7-10H2;2*3-7,16H,1,8-9H2,2H3. The highest BCUT2D eigenvalue weighted by atomic mass is 19.3. The lowest BCUT2D eigenvalue weighted by atomic mass is 9.51. The topological polar surface area (TPSA) is 301 Å². The molecule has 3 aliphatic heterocycles. The lowest BCUT2D eigenvalue weighted by Crippen LogP contribution is -2.67. The summed E-state index contributed by atoms with van der Waals surface area (Å²) in [7, 11) is 1.87. The third-order valence-corrected chi connectivity index (χ3v) is 26.6. The van der Waals surface area contributed by atoms with Gasteiger partial charge in [0, 0.05) is 69.4 Å². The molecule has 0 amide bonds. The van der Waals surface area contributed by atoms with Crippen LogP contribution in [0.15, 0.2) is 185 Å². The van der Waals surface area contributed by atoms with Gasteiger partial charge in [0.1, 0.15) is 31.0 Å². The number of nitrogens with one attached hydrogen (secondary N) is 6. The van der Waals surface area contributed by atoms with Crippen molar-refractivity contribution < 1.29 is 156 Å². The number of alkyl halides is 16. The first kappa shape index (κ1) is 117. The van der Waals surface area contributed by atoms with Crippen molar-refractivity contribution in [3.8, 4) is 0 Å². The summed E-state index contributed by atoms with van der Waals surface area (Å²) in [6.07, 6.45) is 15.5. The van der Waals surface area contributed by atoms with Crippen LogP contribution < -0.4 is 31.9 Å². The number of esters is 8. The fraction of sp³-hybridized carbons (Fsp3) is 0.477. The Bertz CT molecular complexity index is 5330. The second kappa shape index (κ2) is 52.3. The molecule has 6 aromatic carbocycles.